The molecule has 0 spiro atoms. The standard InChI is InChI=1S/C19H27N7O4/c1-23-17-16(18(28)24(2)19(23)29)26(12-20-17)11-13(27)10-14-21-15(30-22-14)6-9-25-7-4-3-5-8-25/h12-13,27H,3-11H2,1-2H3. The highest BCUT2D eigenvalue weighted by atomic mass is 16.5. The summed E-state index contributed by atoms with van der Waals surface area (Å²) in [5.74, 6) is 1.00. The summed E-state index contributed by atoms with van der Waals surface area (Å²) in [6, 6.07) is 0. The Balaban J connectivity index is 1.41. The summed E-state index contributed by atoms with van der Waals surface area (Å²) in [5, 5.41) is 14.5. The second-order valence-corrected chi connectivity index (χ2v) is 7.89. The van der Waals surface area contributed by atoms with E-state index in [1.54, 1.807) is 11.6 Å². The van der Waals surface area contributed by atoms with E-state index in [0.717, 1.165) is 24.2 Å². The Labute approximate surface area is 172 Å². The van der Waals surface area contributed by atoms with Crippen molar-refractivity contribution in [3.8, 4) is 0 Å². The third-order valence-corrected chi connectivity index (χ3v) is 5.64. The highest BCUT2D eigenvalue weighted by Crippen LogP contribution is 2.11. The molecule has 0 amide bonds. The second kappa shape index (κ2) is 8.52. The average Bonchev–Trinajstić information content (AvgIpc) is 3.37. The molecule has 0 aromatic carbocycles. The molecule has 4 rings (SSSR count). The molecule has 3 aromatic rings. The van der Waals surface area contributed by atoms with E-state index < -0.39 is 17.4 Å². The number of aryl methyl sites for hydroxylation is 1. The summed E-state index contributed by atoms with van der Waals surface area (Å²) in [4.78, 5) is 35.5. The third kappa shape index (κ3) is 4.08. The second-order valence-electron chi connectivity index (χ2n) is 7.89. The van der Waals surface area contributed by atoms with Gasteiger partial charge in [0.2, 0.25) is 5.89 Å². The van der Waals surface area contributed by atoms with Gasteiger partial charge in [-0.2, -0.15) is 4.98 Å². The van der Waals surface area contributed by atoms with Crippen molar-refractivity contribution >= 4 is 11.2 Å². The van der Waals surface area contributed by atoms with Crippen LogP contribution in [0.5, 0.6) is 0 Å². The molecule has 162 valence electrons. The molecule has 11 nitrogen and oxygen atoms in total. The van der Waals surface area contributed by atoms with Gasteiger partial charge in [0, 0.05) is 33.5 Å². The number of hydrogen-bond donors (Lipinski definition) is 1. The van der Waals surface area contributed by atoms with Crippen LogP contribution in [0.25, 0.3) is 11.2 Å². The molecule has 11 heteroatoms. The minimum Gasteiger partial charge on any atom is -0.391 e. The molecular weight excluding hydrogens is 390 g/mol. The molecule has 3 aromatic heterocycles. The van der Waals surface area contributed by atoms with Crippen LogP contribution in [0.4, 0.5) is 0 Å². The zero-order valence-corrected chi connectivity index (χ0v) is 17.3. The Morgan fingerprint density at radius 1 is 1.17 bits per heavy atom. The topological polar surface area (TPSA) is 124 Å². The van der Waals surface area contributed by atoms with E-state index in [0.29, 0.717) is 18.1 Å². The minimum atomic E-state index is -0.836. The van der Waals surface area contributed by atoms with Gasteiger partial charge in [-0.1, -0.05) is 11.6 Å². The molecule has 1 saturated heterocycles. The first kappa shape index (κ1) is 20.5. The number of aliphatic hydroxyl groups excluding tert-OH is 1. The van der Waals surface area contributed by atoms with Crippen LogP contribution in [0.1, 0.15) is 31.0 Å². The van der Waals surface area contributed by atoms with Gasteiger partial charge in [-0.15, -0.1) is 0 Å². The molecule has 1 aliphatic rings. The Bertz CT molecular complexity index is 1140. The fourth-order valence-electron chi connectivity index (χ4n) is 3.95. The maximum absolute atomic E-state index is 12.5. The van der Waals surface area contributed by atoms with E-state index in [1.807, 2.05) is 0 Å². The lowest BCUT2D eigenvalue weighted by molar-refractivity contribution is 0.152. The zero-order valence-electron chi connectivity index (χ0n) is 17.3. The van der Waals surface area contributed by atoms with Gasteiger partial charge in [0.15, 0.2) is 17.0 Å². The molecule has 0 radical (unpaired) electrons. The van der Waals surface area contributed by atoms with Crippen molar-refractivity contribution in [1.29, 1.82) is 0 Å². The highest BCUT2D eigenvalue weighted by molar-refractivity contribution is 5.69. The molecule has 30 heavy (non-hydrogen) atoms. The molecule has 1 aliphatic heterocycles. The van der Waals surface area contributed by atoms with Crippen molar-refractivity contribution in [3.63, 3.8) is 0 Å². The normalized spacial score (nSPS) is 16.4. The lowest BCUT2D eigenvalue weighted by Gasteiger charge is -2.25. The summed E-state index contributed by atoms with van der Waals surface area (Å²) in [6.45, 7) is 3.25. The van der Waals surface area contributed by atoms with Gasteiger partial charge in [0.1, 0.15) is 0 Å². The van der Waals surface area contributed by atoms with Crippen LogP contribution in [0.2, 0.25) is 0 Å². The smallest absolute Gasteiger partial charge is 0.332 e. The predicted octanol–water partition coefficient (Wildman–Crippen LogP) is -0.551. The van der Waals surface area contributed by atoms with Gasteiger partial charge >= 0.3 is 5.69 Å². The lowest BCUT2D eigenvalue weighted by atomic mass is 10.1. The first-order valence-electron chi connectivity index (χ1n) is 10.3. The molecule has 1 atom stereocenters. The van der Waals surface area contributed by atoms with Crippen molar-refractivity contribution in [3.05, 3.63) is 38.9 Å². The van der Waals surface area contributed by atoms with Crippen LogP contribution >= 0.6 is 0 Å². The van der Waals surface area contributed by atoms with Gasteiger partial charge < -0.3 is 19.1 Å². The number of piperidine rings is 1. The van der Waals surface area contributed by atoms with E-state index in [1.165, 1.54) is 37.2 Å². The SMILES string of the molecule is Cn1c(=O)c2c(ncn2CC(O)Cc2noc(CCN3CCCCC3)n2)n(C)c1=O. The minimum absolute atomic E-state index is 0.127. The number of aromatic nitrogens is 6. The largest absolute Gasteiger partial charge is 0.391 e. The summed E-state index contributed by atoms with van der Waals surface area (Å²) >= 11 is 0. The van der Waals surface area contributed by atoms with E-state index in [2.05, 4.69) is 20.0 Å². The van der Waals surface area contributed by atoms with E-state index in [-0.39, 0.29) is 24.1 Å². The van der Waals surface area contributed by atoms with E-state index in [9.17, 15) is 14.7 Å². The lowest BCUT2D eigenvalue weighted by Crippen LogP contribution is -2.37. The van der Waals surface area contributed by atoms with Gasteiger partial charge in [-0.25, -0.2) is 9.78 Å². The van der Waals surface area contributed by atoms with Gasteiger partial charge in [-0.3, -0.25) is 13.9 Å². The monoisotopic (exact) mass is 417 g/mol. The predicted molar refractivity (Wildman–Crippen MR) is 108 cm³/mol. The zero-order chi connectivity index (χ0) is 21.3. The number of nitrogens with zero attached hydrogens (tertiary/aromatic N) is 7. The maximum atomic E-state index is 12.5. The average molecular weight is 417 g/mol. The van der Waals surface area contributed by atoms with Crippen molar-refractivity contribution in [1.82, 2.24) is 33.7 Å². The van der Waals surface area contributed by atoms with Crippen molar-refractivity contribution in [2.75, 3.05) is 19.6 Å². The number of likely N-dealkylation sites (tertiary alicyclic amines) is 1. The first-order valence-corrected chi connectivity index (χ1v) is 10.3. The van der Waals surface area contributed by atoms with Crippen LogP contribution in [-0.4, -0.2) is 64.6 Å². The molecule has 0 bridgehead atoms. The quantitative estimate of drug-likeness (QED) is 0.543. The molecule has 1 fully saturated rings. The Kier molecular flexibility index (Phi) is 5.82. The Morgan fingerprint density at radius 3 is 2.70 bits per heavy atom. The summed E-state index contributed by atoms with van der Waals surface area (Å²) in [6.07, 6.45) is 5.28. The van der Waals surface area contributed by atoms with Gasteiger partial charge in [0.25, 0.3) is 5.56 Å². The number of aliphatic hydroxyl groups is 1. The van der Waals surface area contributed by atoms with Crippen LogP contribution < -0.4 is 11.2 Å². The van der Waals surface area contributed by atoms with Crippen LogP contribution in [0.15, 0.2) is 20.4 Å². The molecule has 1 N–H and O–H groups in total. The molecule has 0 saturated carbocycles. The molecule has 1 unspecified atom stereocenters. The number of rotatable bonds is 7. The van der Waals surface area contributed by atoms with Crippen LogP contribution in [0.3, 0.4) is 0 Å². The Morgan fingerprint density at radius 2 is 1.93 bits per heavy atom. The van der Waals surface area contributed by atoms with Gasteiger partial charge in [0.05, 0.1) is 19.0 Å². The van der Waals surface area contributed by atoms with Crippen LogP contribution in [0, 0.1) is 0 Å². The third-order valence-electron chi connectivity index (χ3n) is 5.64. The summed E-state index contributed by atoms with van der Waals surface area (Å²) in [7, 11) is 2.98. The van der Waals surface area contributed by atoms with Crippen molar-refractivity contribution in [2.45, 2.75) is 44.8 Å². The molecule has 4 heterocycles. The van der Waals surface area contributed by atoms with E-state index >= 15 is 0 Å². The Hall–Kier alpha value is -2.79. The summed E-state index contributed by atoms with van der Waals surface area (Å²) in [5.41, 5.74) is -0.330. The number of imidazole rings is 1. The van der Waals surface area contributed by atoms with Gasteiger partial charge in [-0.05, 0) is 25.9 Å². The van der Waals surface area contributed by atoms with Crippen molar-refractivity contribution in [2.24, 2.45) is 14.1 Å². The van der Waals surface area contributed by atoms with E-state index in [4.69, 9.17) is 4.52 Å². The van der Waals surface area contributed by atoms with Crippen LogP contribution in [-0.2, 0) is 33.5 Å². The number of hydrogen-bond acceptors (Lipinski definition) is 8. The summed E-state index contributed by atoms with van der Waals surface area (Å²) < 4.78 is 9.21. The fraction of sp³-hybridized carbons (Fsp3) is 0.632. The number of fused-ring (bicyclic) bond motifs is 1. The first-order chi connectivity index (χ1) is 14.4. The van der Waals surface area contributed by atoms with Crippen molar-refractivity contribution < 1.29 is 9.63 Å². The molecular formula is C19H27N7O4. The molecule has 0 aliphatic carbocycles. The maximum Gasteiger partial charge on any atom is 0.332 e. The fourth-order valence-corrected chi connectivity index (χ4v) is 3.95. The highest BCUT2D eigenvalue weighted by Gasteiger charge is 2.18.